The molecule has 86 valence electrons. The summed E-state index contributed by atoms with van der Waals surface area (Å²) in [5.74, 6) is -0.173. The van der Waals surface area contributed by atoms with Crippen LogP contribution in [0.15, 0.2) is 42.2 Å². The highest BCUT2D eigenvalue weighted by Gasteiger charge is 2.05. The minimum atomic E-state index is -0.467. The lowest BCUT2D eigenvalue weighted by Gasteiger charge is -2.15. The first-order valence-electron chi connectivity index (χ1n) is 5.00. The lowest BCUT2D eigenvalue weighted by molar-refractivity contribution is -0.134. The standard InChI is InChI=1S/C12H16N2O2/c1-9(10-6-4-3-5-7-10)14-11(13)8-12(15)16-2/h3-9,14H,13H2,1-2H3/b11-8+. The minimum Gasteiger partial charge on any atom is -0.466 e. The van der Waals surface area contributed by atoms with Gasteiger partial charge in [-0.2, -0.15) is 0 Å². The van der Waals surface area contributed by atoms with Crippen molar-refractivity contribution in [2.45, 2.75) is 13.0 Å². The maximum Gasteiger partial charge on any atom is 0.334 e. The first-order valence-corrected chi connectivity index (χ1v) is 5.00. The summed E-state index contributed by atoms with van der Waals surface area (Å²) in [6.07, 6.45) is 1.22. The van der Waals surface area contributed by atoms with E-state index in [0.717, 1.165) is 5.56 Å². The van der Waals surface area contributed by atoms with Gasteiger partial charge in [0, 0.05) is 6.04 Å². The number of nitrogens with two attached hydrogens (primary N) is 1. The van der Waals surface area contributed by atoms with E-state index in [9.17, 15) is 4.79 Å². The highest BCUT2D eigenvalue weighted by molar-refractivity contribution is 5.82. The van der Waals surface area contributed by atoms with Crippen molar-refractivity contribution in [3.05, 3.63) is 47.8 Å². The highest BCUT2D eigenvalue weighted by atomic mass is 16.5. The molecule has 1 aromatic carbocycles. The van der Waals surface area contributed by atoms with Gasteiger partial charge in [-0.1, -0.05) is 30.3 Å². The van der Waals surface area contributed by atoms with Crippen molar-refractivity contribution in [2.24, 2.45) is 5.73 Å². The summed E-state index contributed by atoms with van der Waals surface area (Å²) < 4.78 is 4.47. The Morgan fingerprint density at radius 3 is 2.62 bits per heavy atom. The van der Waals surface area contributed by atoms with Gasteiger partial charge in [-0.3, -0.25) is 0 Å². The number of carbonyl (C=O) groups excluding carboxylic acids is 1. The maximum absolute atomic E-state index is 10.9. The third kappa shape index (κ3) is 3.65. The fraction of sp³-hybridized carbons (Fsp3) is 0.250. The number of nitrogens with one attached hydrogen (secondary N) is 1. The second-order valence-electron chi connectivity index (χ2n) is 3.40. The topological polar surface area (TPSA) is 64.3 Å². The number of carbonyl (C=O) groups is 1. The molecule has 0 amide bonds. The van der Waals surface area contributed by atoms with Crippen LogP contribution in [0, 0.1) is 0 Å². The maximum atomic E-state index is 10.9. The summed E-state index contributed by atoms with van der Waals surface area (Å²) >= 11 is 0. The quantitative estimate of drug-likeness (QED) is 0.593. The number of benzene rings is 1. The van der Waals surface area contributed by atoms with Gasteiger partial charge in [0.25, 0.3) is 0 Å². The molecule has 1 atom stereocenters. The second kappa shape index (κ2) is 5.80. The number of hydrogen-bond acceptors (Lipinski definition) is 4. The first-order chi connectivity index (χ1) is 7.63. The number of ether oxygens (including phenoxy) is 1. The van der Waals surface area contributed by atoms with Gasteiger partial charge in [0.1, 0.15) is 5.82 Å². The first kappa shape index (κ1) is 12.1. The molecule has 0 fully saturated rings. The summed E-state index contributed by atoms with van der Waals surface area (Å²) in [6.45, 7) is 1.97. The molecule has 0 radical (unpaired) electrons. The molecule has 0 aliphatic carbocycles. The smallest absolute Gasteiger partial charge is 0.334 e. The Kier molecular flexibility index (Phi) is 4.39. The molecule has 0 heterocycles. The van der Waals surface area contributed by atoms with Crippen LogP contribution in [0.1, 0.15) is 18.5 Å². The molecule has 4 nitrogen and oxygen atoms in total. The summed E-state index contributed by atoms with van der Waals surface area (Å²) in [7, 11) is 1.31. The third-order valence-corrected chi connectivity index (χ3v) is 2.16. The molecule has 0 aromatic heterocycles. The monoisotopic (exact) mass is 220 g/mol. The molecule has 0 bridgehead atoms. The Labute approximate surface area is 95.1 Å². The van der Waals surface area contributed by atoms with Crippen LogP contribution in [-0.4, -0.2) is 13.1 Å². The van der Waals surface area contributed by atoms with Gasteiger partial charge in [0.2, 0.25) is 0 Å². The van der Waals surface area contributed by atoms with E-state index in [1.807, 2.05) is 37.3 Å². The van der Waals surface area contributed by atoms with Crippen molar-refractivity contribution in [2.75, 3.05) is 7.11 Å². The summed E-state index contributed by atoms with van der Waals surface area (Å²) in [5, 5.41) is 3.00. The van der Waals surface area contributed by atoms with Gasteiger partial charge in [0.15, 0.2) is 0 Å². The van der Waals surface area contributed by atoms with E-state index < -0.39 is 5.97 Å². The van der Waals surface area contributed by atoms with E-state index in [4.69, 9.17) is 5.73 Å². The normalized spacial score (nSPS) is 13.0. The molecule has 1 rings (SSSR count). The lowest BCUT2D eigenvalue weighted by atomic mass is 10.1. The van der Waals surface area contributed by atoms with Crippen molar-refractivity contribution in [3.63, 3.8) is 0 Å². The van der Waals surface area contributed by atoms with Gasteiger partial charge in [0.05, 0.1) is 13.2 Å². The van der Waals surface area contributed by atoms with Crippen LogP contribution in [0.3, 0.4) is 0 Å². The van der Waals surface area contributed by atoms with E-state index in [2.05, 4.69) is 10.1 Å². The molecule has 1 aromatic rings. The van der Waals surface area contributed by atoms with Crippen LogP contribution in [-0.2, 0) is 9.53 Å². The lowest BCUT2D eigenvalue weighted by Crippen LogP contribution is -2.24. The summed E-state index contributed by atoms with van der Waals surface area (Å²) in [5.41, 5.74) is 6.74. The summed E-state index contributed by atoms with van der Waals surface area (Å²) in [6, 6.07) is 9.87. The van der Waals surface area contributed by atoms with Crippen molar-refractivity contribution in [1.82, 2.24) is 5.32 Å². The number of hydrogen-bond donors (Lipinski definition) is 2. The van der Waals surface area contributed by atoms with E-state index >= 15 is 0 Å². The molecule has 0 saturated heterocycles. The predicted molar refractivity (Wildman–Crippen MR) is 62.3 cm³/mol. The van der Waals surface area contributed by atoms with Crippen molar-refractivity contribution in [3.8, 4) is 0 Å². The van der Waals surface area contributed by atoms with Crippen molar-refractivity contribution < 1.29 is 9.53 Å². The molecule has 0 spiro atoms. The Hall–Kier alpha value is -1.97. The van der Waals surface area contributed by atoms with Crippen LogP contribution in [0.2, 0.25) is 0 Å². The molecule has 0 aliphatic rings. The van der Waals surface area contributed by atoms with Crippen molar-refractivity contribution in [1.29, 1.82) is 0 Å². The Morgan fingerprint density at radius 2 is 2.06 bits per heavy atom. The third-order valence-electron chi connectivity index (χ3n) is 2.16. The van der Waals surface area contributed by atoms with E-state index in [-0.39, 0.29) is 6.04 Å². The fourth-order valence-corrected chi connectivity index (χ4v) is 1.30. The Bertz CT molecular complexity index is 374. The van der Waals surface area contributed by atoms with Gasteiger partial charge < -0.3 is 15.8 Å². The molecule has 0 aliphatic heterocycles. The van der Waals surface area contributed by atoms with Crippen molar-refractivity contribution >= 4 is 5.97 Å². The SMILES string of the molecule is COC(=O)/C=C(\N)NC(C)c1ccccc1. The van der Waals surface area contributed by atoms with Crippen LogP contribution < -0.4 is 11.1 Å². The Morgan fingerprint density at radius 1 is 1.44 bits per heavy atom. The van der Waals surface area contributed by atoms with E-state index in [1.54, 1.807) is 0 Å². The highest BCUT2D eigenvalue weighted by Crippen LogP contribution is 2.11. The number of methoxy groups -OCH3 is 1. The largest absolute Gasteiger partial charge is 0.466 e. The van der Waals surface area contributed by atoms with Gasteiger partial charge in [-0.15, -0.1) is 0 Å². The zero-order valence-electron chi connectivity index (χ0n) is 9.44. The molecule has 3 N–H and O–H groups in total. The zero-order chi connectivity index (χ0) is 12.0. The number of esters is 1. The van der Waals surface area contributed by atoms with E-state index in [1.165, 1.54) is 13.2 Å². The van der Waals surface area contributed by atoms with Crippen LogP contribution in [0.5, 0.6) is 0 Å². The fourth-order valence-electron chi connectivity index (χ4n) is 1.30. The van der Waals surface area contributed by atoms with Crippen LogP contribution in [0.4, 0.5) is 0 Å². The summed E-state index contributed by atoms with van der Waals surface area (Å²) in [4.78, 5) is 10.9. The average molecular weight is 220 g/mol. The molecule has 0 saturated carbocycles. The molecule has 16 heavy (non-hydrogen) atoms. The average Bonchev–Trinajstić information content (AvgIpc) is 2.29. The number of rotatable bonds is 4. The Balaban J connectivity index is 2.61. The minimum absolute atomic E-state index is 0.0436. The molecular weight excluding hydrogens is 204 g/mol. The van der Waals surface area contributed by atoms with Gasteiger partial charge in [-0.05, 0) is 12.5 Å². The van der Waals surface area contributed by atoms with Crippen LogP contribution >= 0.6 is 0 Å². The van der Waals surface area contributed by atoms with Gasteiger partial charge in [-0.25, -0.2) is 4.79 Å². The molecule has 4 heteroatoms. The zero-order valence-corrected chi connectivity index (χ0v) is 9.44. The molecular formula is C12H16N2O2. The second-order valence-corrected chi connectivity index (χ2v) is 3.40. The van der Waals surface area contributed by atoms with E-state index in [0.29, 0.717) is 5.82 Å². The predicted octanol–water partition coefficient (Wildman–Crippen LogP) is 1.31. The van der Waals surface area contributed by atoms with Crippen LogP contribution in [0.25, 0.3) is 0 Å². The molecule has 1 unspecified atom stereocenters. The van der Waals surface area contributed by atoms with Gasteiger partial charge >= 0.3 is 5.97 Å².